The molecule has 0 aliphatic carbocycles. The van der Waals surface area contributed by atoms with Gasteiger partial charge < -0.3 is 19.9 Å². The summed E-state index contributed by atoms with van der Waals surface area (Å²) in [4.78, 5) is 35.4. The molecule has 0 aliphatic heterocycles. The molecule has 0 spiro atoms. The van der Waals surface area contributed by atoms with Crippen LogP contribution >= 0.6 is 11.8 Å². The molecule has 2 amide bonds. The van der Waals surface area contributed by atoms with E-state index in [1.165, 1.54) is 30.0 Å². The molecule has 36 heavy (non-hydrogen) atoms. The van der Waals surface area contributed by atoms with Crippen LogP contribution in [0.25, 0.3) is 0 Å². The number of nitrogens with zero attached hydrogens (tertiary/aromatic N) is 4. The first-order valence-corrected chi connectivity index (χ1v) is 12.2. The molecule has 2 N–H and O–H groups in total. The van der Waals surface area contributed by atoms with Gasteiger partial charge in [-0.2, -0.15) is 0 Å². The van der Waals surface area contributed by atoms with Gasteiger partial charge in [0, 0.05) is 24.4 Å². The summed E-state index contributed by atoms with van der Waals surface area (Å²) >= 11 is 1.22. The number of non-ortho nitro benzene ring substituents is 1. The van der Waals surface area contributed by atoms with Gasteiger partial charge in [0.05, 0.1) is 30.2 Å². The number of carbonyl (C=O) groups is 2. The molecule has 1 unspecified atom stereocenters. The van der Waals surface area contributed by atoms with Crippen molar-refractivity contribution in [2.75, 3.05) is 18.2 Å². The Kier molecular flexibility index (Phi) is 9.01. The van der Waals surface area contributed by atoms with E-state index in [9.17, 15) is 19.7 Å². The summed E-state index contributed by atoms with van der Waals surface area (Å²) in [5.74, 6) is 0.975. The average Bonchev–Trinajstić information content (AvgIpc) is 3.27. The summed E-state index contributed by atoms with van der Waals surface area (Å²) in [6.07, 6.45) is 0.221. The molecular weight excluding hydrogens is 484 g/mol. The van der Waals surface area contributed by atoms with E-state index in [4.69, 9.17) is 4.74 Å². The number of hydrogen-bond donors (Lipinski definition) is 2. The van der Waals surface area contributed by atoms with Crippen LogP contribution in [-0.2, 0) is 22.6 Å². The maximum absolute atomic E-state index is 12.5. The molecule has 0 saturated carbocycles. The van der Waals surface area contributed by atoms with E-state index in [1.807, 2.05) is 42.7 Å². The van der Waals surface area contributed by atoms with E-state index in [1.54, 1.807) is 14.0 Å². The summed E-state index contributed by atoms with van der Waals surface area (Å²) in [5.41, 5.74) is 1.94. The number of anilines is 1. The minimum atomic E-state index is -0.480. The van der Waals surface area contributed by atoms with Crippen molar-refractivity contribution in [3.63, 3.8) is 0 Å². The minimum Gasteiger partial charge on any atom is -0.497 e. The Morgan fingerprint density at radius 1 is 1.17 bits per heavy atom. The van der Waals surface area contributed by atoms with Crippen LogP contribution in [0.3, 0.4) is 0 Å². The summed E-state index contributed by atoms with van der Waals surface area (Å²) in [5, 5.41) is 25.6. The summed E-state index contributed by atoms with van der Waals surface area (Å²) in [6.45, 7) is 6.02. The summed E-state index contributed by atoms with van der Waals surface area (Å²) in [6, 6.07) is 11.2. The van der Waals surface area contributed by atoms with Crippen LogP contribution in [0.1, 0.15) is 36.8 Å². The summed E-state index contributed by atoms with van der Waals surface area (Å²) in [7, 11) is 1.59. The first-order valence-electron chi connectivity index (χ1n) is 11.2. The molecule has 1 aromatic heterocycles. The van der Waals surface area contributed by atoms with E-state index < -0.39 is 4.92 Å². The predicted octanol–water partition coefficient (Wildman–Crippen LogP) is 3.67. The first kappa shape index (κ1) is 26.7. The number of thioether (sulfide) groups is 1. The fourth-order valence-corrected chi connectivity index (χ4v) is 4.34. The van der Waals surface area contributed by atoms with Crippen LogP contribution in [-0.4, -0.2) is 44.4 Å². The predicted molar refractivity (Wildman–Crippen MR) is 136 cm³/mol. The number of rotatable bonds is 11. The van der Waals surface area contributed by atoms with Crippen LogP contribution in [0.2, 0.25) is 0 Å². The van der Waals surface area contributed by atoms with Crippen molar-refractivity contribution >= 4 is 35.0 Å². The van der Waals surface area contributed by atoms with Crippen molar-refractivity contribution in [1.82, 2.24) is 20.1 Å². The standard InChI is InChI=1S/C24H28N6O5S/c1-5-29-23(16(3)25-21(31)13-17-6-9-19(35-4)10-7-17)27-28-24(29)36-14-22(32)26-20-11-8-18(30(33)34)12-15(20)2/h6-12,16H,5,13-14H2,1-4H3,(H,25,31)(H,26,32). The fourth-order valence-electron chi connectivity index (χ4n) is 3.53. The normalized spacial score (nSPS) is 11.6. The smallest absolute Gasteiger partial charge is 0.269 e. The van der Waals surface area contributed by atoms with E-state index >= 15 is 0 Å². The van der Waals surface area contributed by atoms with Gasteiger partial charge in [0.25, 0.3) is 5.69 Å². The van der Waals surface area contributed by atoms with E-state index in [2.05, 4.69) is 20.8 Å². The number of carbonyl (C=O) groups excluding carboxylic acids is 2. The van der Waals surface area contributed by atoms with Gasteiger partial charge in [-0.1, -0.05) is 23.9 Å². The number of aryl methyl sites for hydroxylation is 1. The molecule has 3 aromatic rings. The first-order chi connectivity index (χ1) is 17.2. The Hall–Kier alpha value is -3.93. The van der Waals surface area contributed by atoms with Gasteiger partial charge in [-0.25, -0.2) is 0 Å². The number of methoxy groups -OCH3 is 1. The van der Waals surface area contributed by atoms with Gasteiger partial charge in [-0.05, 0) is 50.1 Å². The third-order valence-electron chi connectivity index (χ3n) is 5.38. The highest BCUT2D eigenvalue weighted by Crippen LogP contribution is 2.23. The molecular formula is C24H28N6O5S. The number of nitro benzene ring substituents is 1. The number of aromatic nitrogens is 3. The highest BCUT2D eigenvalue weighted by atomic mass is 32.2. The van der Waals surface area contributed by atoms with Crippen LogP contribution in [0.15, 0.2) is 47.6 Å². The third-order valence-corrected chi connectivity index (χ3v) is 6.34. The van der Waals surface area contributed by atoms with Gasteiger partial charge >= 0.3 is 0 Å². The Balaban J connectivity index is 1.57. The molecule has 0 bridgehead atoms. The monoisotopic (exact) mass is 512 g/mol. The van der Waals surface area contributed by atoms with Gasteiger partial charge in [0.15, 0.2) is 11.0 Å². The van der Waals surface area contributed by atoms with Gasteiger partial charge in [-0.3, -0.25) is 19.7 Å². The maximum Gasteiger partial charge on any atom is 0.269 e. The molecule has 12 heteroatoms. The lowest BCUT2D eigenvalue weighted by atomic mass is 10.1. The van der Waals surface area contributed by atoms with E-state index in [0.29, 0.717) is 28.8 Å². The molecule has 1 heterocycles. The van der Waals surface area contributed by atoms with E-state index in [-0.39, 0.29) is 35.7 Å². The molecule has 1 atom stereocenters. The third kappa shape index (κ3) is 6.81. The SMILES string of the molecule is CCn1c(SCC(=O)Nc2ccc([N+](=O)[O-])cc2C)nnc1C(C)NC(=O)Cc1ccc(OC)cc1. The topological polar surface area (TPSA) is 141 Å². The molecule has 11 nitrogen and oxygen atoms in total. The van der Waals surface area contributed by atoms with Crippen LogP contribution in [0.5, 0.6) is 5.75 Å². The van der Waals surface area contributed by atoms with Gasteiger partial charge in [0.2, 0.25) is 11.8 Å². The Labute approximate surface area is 212 Å². The Morgan fingerprint density at radius 2 is 1.89 bits per heavy atom. The van der Waals surface area contributed by atoms with Crippen molar-refractivity contribution in [1.29, 1.82) is 0 Å². The van der Waals surface area contributed by atoms with Crippen LogP contribution < -0.4 is 15.4 Å². The van der Waals surface area contributed by atoms with Crippen LogP contribution in [0.4, 0.5) is 11.4 Å². The second-order valence-electron chi connectivity index (χ2n) is 7.99. The average molecular weight is 513 g/mol. The van der Waals surface area contributed by atoms with Crippen LogP contribution in [0, 0.1) is 17.0 Å². The molecule has 0 fully saturated rings. The largest absolute Gasteiger partial charge is 0.497 e. The van der Waals surface area contributed by atoms with E-state index in [0.717, 1.165) is 11.3 Å². The van der Waals surface area contributed by atoms with Gasteiger partial charge in [-0.15, -0.1) is 10.2 Å². The minimum absolute atomic E-state index is 0.0336. The zero-order chi connectivity index (χ0) is 26.2. The maximum atomic E-state index is 12.5. The van der Waals surface area contributed by atoms with Crippen molar-refractivity contribution in [3.05, 3.63) is 69.5 Å². The van der Waals surface area contributed by atoms with Gasteiger partial charge in [0.1, 0.15) is 5.75 Å². The molecule has 3 rings (SSSR count). The lowest BCUT2D eigenvalue weighted by Crippen LogP contribution is -2.30. The highest BCUT2D eigenvalue weighted by Gasteiger charge is 2.20. The molecule has 0 aliphatic rings. The quantitative estimate of drug-likeness (QED) is 0.225. The molecule has 0 saturated heterocycles. The Bertz CT molecular complexity index is 1240. The second kappa shape index (κ2) is 12.2. The van der Waals surface area contributed by atoms with Crippen molar-refractivity contribution in [2.24, 2.45) is 0 Å². The molecule has 190 valence electrons. The molecule has 0 radical (unpaired) electrons. The lowest BCUT2D eigenvalue weighted by molar-refractivity contribution is -0.384. The number of hydrogen-bond acceptors (Lipinski definition) is 8. The number of benzene rings is 2. The zero-order valence-electron chi connectivity index (χ0n) is 20.5. The summed E-state index contributed by atoms with van der Waals surface area (Å²) < 4.78 is 6.99. The highest BCUT2D eigenvalue weighted by molar-refractivity contribution is 7.99. The second-order valence-corrected chi connectivity index (χ2v) is 8.93. The lowest BCUT2D eigenvalue weighted by Gasteiger charge is -2.15. The van der Waals surface area contributed by atoms with Crippen molar-refractivity contribution in [2.45, 2.75) is 44.9 Å². The Morgan fingerprint density at radius 3 is 2.50 bits per heavy atom. The number of amides is 2. The number of nitrogens with one attached hydrogen (secondary N) is 2. The number of ether oxygens (including phenoxy) is 1. The number of nitro groups is 1. The molecule has 2 aromatic carbocycles. The zero-order valence-corrected chi connectivity index (χ0v) is 21.3. The fraction of sp³-hybridized carbons (Fsp3) is 0.333. The van der Waals surface area contributed by atoms with Crippen molar-refractivity contribution < 1.29 is 19.2 Å². The van der Waals surface area contributed by atoms with Crippen molar-refractivity contribution in [3.8, 4) is 5.75 Å².